The van der Waals surface area contributed by atoms with Crippen LogP contribution in [0.3, 0.4) is 0 Å². The molecule has 2 aromatic rings. The first kappa shape index (κ1) is 8.19. The highest BCUT2D eigenvalue weighted by atomic mass is 32.1. The van der Waals surface area contributed by atoms with Crippen molar-refractivity contribution in [3.05, 3.63) is 36.7 Å². The van der Waals surface area contributed by atoms with Crippen LogP contribution in [0.15, 0.2) is 41.7 Å². The minimum Gasteiger partial charge on any atom is -0.253 e. The topological polar surface area (TPSA) is 38.7 Å². The van der Waals surface area contributed by atoms with Gasteiger partial charge in [0.25, 0.3) is 0 Å². The first-order valence-corrected chi connectivity index (χ1v) is 4.24. The van der Waals surface area contributed by atoms with E-state index >= 15 is 0 Å². The van der Waals surface area contributed by atoms with Crippen molar-refractivity contribution in [2.24, 2.45) is 0 Å². The lowest BCUT2D eigenvalue weighted by atomic mass is 10.3. The zero-order valence-corrected chi connectivity index (χ0v) is 7.65. The van der Waals surface area contributed by atoms with Gasteiger partial charge in [0.15, 0.2) is 5.82 Å². The van der Waals surface area contributed by atoms with Crippen molar-refractivity contribution in [2.75, 3.05) is 0 Å². The van der Waals surface area contributed by atoms with Crippen molar-refractivity contribution in [2.45, 2.75) is 5.03 Å². The Hall–Kier alpha value is -1.42. The Morgan fingerprint density at radius 2 is 1.92 bits per heavy atom. The maximum Gasteiger partial charge on any atom is 0.179 e. The molecule has 0 saturated carbocycles. The molecule has 2 aromatic heterocycles. The van der Waals surface area contributed by atoms with E-state index in [9.17, 15) is 0 Å². The van der Waals surface area contributed by atoms with Crippen LogP contribution in [0.4, 0.5) is 0 Å². The highest BCUT2D eigenvalue weighted by molar-refractivity contribution is 7.80. The Morgan fingerprint density at radius 1 is 1.00 bits per heavy atom. The normalized spacial score (nSPS) is 9.92. The van der Waals surface area contributed by atoms with Crippen molar-refractivity contribution in [1.82, 2.24) is 15.0 Å². The number of pyridine rings is 1. The van der Waals surface area contributed by atoms with Gasteiger partial charge in [-0.15, -0.1) is 12.6 Å². The van der Waals surface area contributed by atoms with Crippen molar-refractivity contribution in [3.8, 4) is 11.5 Å². The van der Waals surface area contributed by atoms with E-state index in [0.29, 0.717) is 10.9 Å². The van der Waals surface area contributed by atoms with E-state index in [-0.39, 0.29) is 0 Å². The molecule has 0 saturated heterocycles. The van der Waals surface area contributed by atoms with Crippen LogP contribution in [-0.4, -0.2) is 15.0 Å². The lowest BCUT2D eigenvalue weighted by Gasteiger charge is -1.97. The molecule has 0 spiro atoms. The zero-order valence-electron chi connectivity index (χ0n) is 6.75. The molecular weight excluding hydrogens is 182 g/mol. The summed E-state index contributed by atoms with van der Waals surface area (Å²) in [5.41, 5.74) is 0.762. The Kier molecular flexibility index (Phi) is 2.23. The molecule has 0 atom stereocenters. The van der Waals surface area contributed by atoms with Crippen LogP contribution in [0, 0.1) is 0 Å². The third kappa shape index (κ3) is 1.84. The summed E-state index contributed by atoms with van der Waals surface area (Å²) in [6.07, 6.45) is 3.38. The largest absolute Gasteiger partial charge is 0.253 e. The molecule has 2 heterocycles. The zero-order chi connectivity index (χ0) is 9.10. The lowest BCUT2D eigenvalue weighted by Crippen LogP contribution is -1.90. The van der Waals surface area contributed by atoms with Gasteiger partial charge in [0.1, 0.15) is 5.69 Å². The third-order valence-electron chi connectivity index (χ3n) is 1.53. The summed E-state index contributed by atoms with van der Waals surface area (Å²) < 4.78 is 0. The van der Waals surface area contributed by atoms with Crippen LogP contribution in [0.2, 0.25) is 0 Å². The van der Waals surface area contributed by atoms with E-state index in [1.807, 2.05) is 18.2 Å². The maximum atomic E-state index is 4.13. The molecule has 0 radical (unpaired) electrons. The standard InChI is InChI=1S/C9H7N3S/c13-8-4-6-11-9(12-8)7-3-1-2-5-10-7/h1-6H,(H,11,12,13). The summed E-state index contributed by atoms with van der Waals surface area (Å²) in [5, 5.41) is 0.649. The molecule has 13 heavy (non-hydrogen) atoms. The predicted molar refractivity (Wildman–Crippen MR) is 52.5 cm³/mol. The van der Waals surface area contributed by atoms with Gasteiger partial charge in [-0.3, -0.25) is 4.98 Å². The van der Waals surface area contributed by atoms with Crippen LogP contribution < -0.4 is 0 Å². The Bertz CT molecular complexity index is 403. The summed E-state index contributed by atoms with van der Waals surface area (Å²) in [6, 6.07) is 7.35. The van der Waals surface area contributed by atoms with Crippen LogP contribution in [0.25, 0.3) is 11.5 Å². The molecule has 4 heteroatoms. The molecule has 0 aliphatic carbocycles. The number of hydrogen-bond acceptors (Lipinski definition) is 4. The first-order chi connectivity index (χ1) is 6.36. The number of nitrogens with zero attached hydrogens (tertiary/aromatic N) is 3. The van der Waals surface area contributed by atoms with Crippen LogP contribution in [-0.2, 0) is 0 Å². The molecular formula is C9H7N3S. The van der Waals surface area contributed by atoms with Crippen molar-refractivity contribution < 1.29 is 0 Å². The highest BCUT2D eigenvalue weighted by Gasteiger charge is 2.00. The quantitative estimate of drug-likeness (QED) is 0.549. The third-order valence-corrected chi connectivity index (χ3v) is 1.78. The Balaban J connectivity index is 2.48. The molecule has 0 aliphatic rings. The lowest BCUT2D eigenvalue weighted by molar-refractivity contribution is 1.05. The van der Waals surface area contributed by atoms with Gasteiger partial charge in [0, 0.05) is 12.4 Å². The summed E-state index contributed by atoms with van der Waals surface area (Å²) in [5.74, 6) is 0.605. The highest BCUT2D eigenvalue weighted by Crippen LogP contribution is 2.11. The monoisotopic (exact) mass is 189 g/mol. The van der Waals surface area contributed by atoms with E-state index in [4.69, 9.17) is 0 Å². The molecule has 0 bridgehead atoms. The van der Waals surface area contributed by atoms with Crippen molar-refractivity contribution in [1.29, 1.82) is 0 Å². The van der Waals surface area contributed by atoms with Crippen molar-refractivity contribution >= 4 is 12.6 Å². The minimum atomic E-state index is 0.605. The Labute approximate surface area is 81.3 Å². The molecule has 2 rings (SSSR count). The summed E-state index contributed by atoms with van der Waals surface area (Å²) in [4.78, 5) is 12.4. The summed E-state index contributed by atoms with van der Waals surface area (Å²) in [6.45, 7) is 0. The van der Waals surface area contributed by atoms with Crippen molar-refractivity contribution in [3.63, 3.8) is 0 Å². The molecule has 0 aliphatic heterocycles. The number of aromatic nitrogens is 3. The number of thiol groups is 1. The summed E-state index contributed by atoms with van der Waals surface area (Å²) in [7, 11) is 0. The van der Waals surface area contributed by atoms with Gasteiger partial charge < -0.3 is 0 Å². The predicted octanol–water partition coefficient (Wildman–Crippen LogP) is 1.83. The first-order valence-electron chi connectivity index (χ1n) is 3.80. The van der Waals surface area contributed by atoms with E-state index in [1.54, 1.807) is 18.5 Å². The molecule has 0 N–H and O–H groups in total. The fourth-order valence-electron chi connectivity index (χ4n) is 0.968. The van der Waals surface area contributed by atoms with Crippen LogP contribution in [0.1, 0.15) is 0 Å². The number of rotatable bonds is 1. The van der Waals surface area contributed by atoms with Crippen LogP contribution >= 0.6 is 12.6 Å². The van der Waals surface area contributed by atoms with Crippen LogP contribution in [0.5, 0.6) is 0 Å². The fraction of sp³-hybridized carbons (Fsp3) is 0. The van der Waals surface area contributed by atoms with E-state index < -0.39 is 0 Å². The molecule has 0 aromatic carbocycles. The second-order valence-corrected chi connectivity index (χ2v) is 2.91. The molecule has 64 valence electrons. The Morgan fingerprint density at radius 3 is 2.62 bits per heavy atom. The van der Waals surface area contributed by atoms with Gasteiger partial charge in [-0.1, -0.05) is 6.07 Å². The second kappa shape index (κ2) is 3.53. The average Bonchev–Trinajstić information content (AvgIpc) is 2.19. The van der Waals surface area contributed by atoms with Gasteiger partial charge in [-0.25, -0.2) is 9.97 Å². The van der Waals surface area contributed by atoms with Gasteiger partial charge in [0.2, 0.25) is 0 Å². The van der Waals surface area contributed by atoms with Gasteiger partial charge in [0.05, 0.1) is 5.03 Å². The average molecular weight is 189 g/mol. The smallest absolute Gasteiger partial charge is 0.179 e. The van der Waals surface area contributed by atoms with E-state index in [2.05, 4.69) is 27.6 Å². The second-order valence-electron chi connectivity index (χ2n) is 2.45. The minimum absolute atomic E-state index is 0.605. The van der Waals surface area contributed by atoms with Gasteiger partial charge in [-0.2, -0.15) is 0 Å². The molecule has 0 fully saturated rings. The molecule has 0 unspecified atom stereocenters. The molecule has 0 amide bonds. The SMILES string of the molecule is Sc1ccnc(-c2ccccn2)n1. The maximum absolute atomic E-state index is 4.13. The van der Waals surface area contributed by atoms with Gasteiger partial charge >= 0.3 is 0 Å². The summed E-state index contributed by atoms with van der Waals surface area (Å²) >= 11 is 4.13. The molecule has 3 nitrogen and oxygen atoms in total. The van der Waals surface area contributed by atoms with E-state index in [1.165, 1.54) is 0 Å². The van der Waals surface area contributed by atoms with E-state index in [0.717, 1.165) is 5.69 Å². The fourth-order valence-corrected chi connectivity index (χ4v) is 1.13. The number of hydrogen-bond donors (Lipinski definition) is 1. The van der Waals surface area contributed by atoms with Gasteiger partial charge in [-0.05, 0) is 18.2 Å².